The second-order valence-corrected chi connectivity index (χ2v) is 3.45. The molecular weight excluding hydrogens is 154 g/mol. The van der Waals surface area contributed by atoms with E-state index in [9.17, 15) is 4.79 Å². The molecular formula is C9H17NO2. The van der Waals surface area contributed by atoms with Crippen LogP contribution in [0.4, 0.5) is 0 Å². The first kappa shape index (κ1) is 9.52. The van der Waals surface area contributed by atoms with E-state index in [1.165, 1.54) is 0 Å². The Kier molecular flexibility index (Phi) is 3.53. The molecule has 0 saturated carbocycles. The summed E-state index contributed by atoms with van der Waals surface area (Å²) in [6.07, 6.45) is 3.21. The quantitative estimate of drug-likeness (QED) is 0.662. The van der Waals surface area contributed by atoms with Gasteiger partial charge in [0, 0.05) is 19.0 Å². The van der Waals surface area contributed by atoms with Crippen LogP contribution >= 0.6 is 0 Å². The Hall–Kier alpha value is -0.570. The summed E-state index contributed by atoms with van der Waals surface area (Å²) in [4.78, 5) is 13.3. The van der Waals surface area contributed by atoms with Crippen LogP contribution in [-0.4, -0.2) is 35.6 Å². The van der Waals surface area contributed by atoms with Crippen LogP contribution in [0, 0.1) is 5.92 Å². The van der Waals surface area contributed by atoms with Gasteiger partial charge in [-0.1, -0.05) is 13.3 Å². The van der Waals surface area contributed by atoms with E-state index in [1.807, 2.05) is 6.92 Å². The third kappa shape index (κ3) is 2.21. The lowest BCUT2D eigenvalue weighted by atomic mass is 10.1. The second kappa shape index (κ2) is 4.45. The topological polar surface area (TPSA) is 40.5 Å². The number of carbonyl (C=O) groups is 1. The fourth-order valence-electron chi connectivity index (χ4n) is 1.64. The number of amides is 1. The van der Waals surface area contributed by atoms with Gasteiger partial charge in [0.25, 0.3) is 0 Å². The summed E-state index contributed by atoms with van der Waals surface area (Å²) in [5.74, 6) is 0.362. The number of β-amino-alcohol motifs (C(OH)–C–C–N with tert-alkyl or cyclic N) is 1. The summed E-state index contributed by atoms with van der Waals surface area (Å²) in [7, 11) is 0. The maximum Gasteiger partial charge on any atom is 0.225 e. The van der Waals surface area contributed by atoms with Gasteiger partial charge in [0.05, 0.1) is 6.61 Å². The van der Waals surface area contributed by atoms with Gasteiger partial charge in [-0.25, -0.2) is 0 Å². The monoisotopic (exact) mass is 171 g/mol. The van der Waals surface area contributed by atoms with Gasteiger partial charge in [0.15, 0.2) is 0 Å². The highest BCUT2D eigenvalue weighted by molar-refractivity contribution is 5.78. The number of aliphatic hydroxyl groups excluding tert-OH is 1. The van der Waals surface area contributed by atoms with Crippen molar-refractivity contribution in [1.29, 1.82) is 0 Å². The molecule has 1 saturated heterocycles. The Morgan fingerprint density at radius 2 is 2.33 bits per heavy atom. The smallest absolute Gasteiger partial charge is 0.225 e. The lowest BCUT2D eigenvalue weighted by Crippen LogP contribution is -2.36. The minimum absolute atomic E-state index is 0.0818. The first-order chi connectivity index (χ1) is 5.75. The van der Waals surface area contributed by atoms with Gasteiger partial charge in [0.2, 0.25) is 5.91 Å². The molecule has 0 spiro atoms. The Morgan fingerprint density at radius 3 is 3.00 bits per heavy atom. The molecule has 0 aromatic rings. The van der Waals surface area contributed by atoms with E-state index >= 15 is 0 Å². The Bertz CT molecular complexity index is 159. The van der Waals surface area contributed by atoms with Crippen LogP contribution in [0.5, 0.6) is 0 Å². The second-order valence-electron chi connectivity index (χ2n) is 3.45. The van der Waals surface area contributed by atoms with Crippen molar-refractivity contribution in [3.8, 4) is 0 Å². The van der Waals surface area contributed by atoms with Crippen molar-refractivity contribution in [3.05, 3.63) is 0 Å². The average molecular weight is 171 g/mol. The standard InChI is InChI=1S/C9H17NO2/c1-8-4-2-3-5-10(6-7-11)9(8)12/h8,11H,2-7H2,1H3. The number of hydrogen-bond donors (Lipinski definition) is 1. The number of rotatable bonds is 2. The van der Waals surface area contributed by atoms with Gasteiger partial charge in [-0.05, 0) is 12.8 Å². The number of nitrogens with zero attached hydrogens (tertiary/aromatic N) is 1. The molecule has 0 aromatic carbocycles. The fraction of sp³-hybridized carbons (Fsp3) is 0.889. The molecule has 3 heteroatoms. The van der Waals surface area contributed by atoms with Crippen molar-refractivity contribution >= 4 is 5.91 Å². The zero-order valence-corrected chi connectivity index (χ0v) is 7.62. The molecule has 1 aliphatic heterocycles. The van der Waals surface area contributed by atoms with E-state index in [0.717, 1.165) is 25.8 Å². The van der Waals surface area contributed by atoms with Crippen molar-refractivity contribution in [2.75, 3.05) is 19.7 Å². The van der Waals surface area contributed by atoms with E-state index in [2.05, 4.69) is 0 Å². The molecule has 12 heavy (non-hydrogen) atoms. The van der Waals surface area contributed by atoms with E-state index in [1.54, 1.807) is 4.90 Å². The van der Waals surface area contributed by atoms with Crippen LogP contribution in [-0.2, 0) is 4.79 Å². The number of hydrogen-bond acceptors (Lipinski definition) is 2. The predicted octanol–water partition coefficient (Wildman–Crippen LogP) is 0.627. The molecule has 1 atom stereocenters. The molecule has 1 N–H and O–H groups in total. The molecule has 1 unspecified atom stereocenters. The van der Waals surface area contributed by atoms with Crippen LogP contribution < -0.4 is 0 Å². The molecule has 1 rings (SSSR count). The summed E-state index contributed by atoms with van der Waals surface area (Å²) in [5.41, 5.74) is 0. The van der Waals surface area contributed by atoms with Gasteiger partial charge in [-0.3, -0.25) is 4.79 Å². The first-order valence-electron chi connectivity index (χ1n) is 4.65. The van der Waals surface area contributed by atoms with Crippen molar-refractivity contribution in [3.63, 3.8) is 0 Å². The molecule has 3 nitrogen and oxygen atoms in total. The maximum absolute atomic E-state index is 11.6. The summed E-state index contributed by atoms with van der Waals surface area (Å²) in [6, 6.07) is 0. The summed E-state index contributed by atoms with van der Waals surface area (Å²) < 4.78 is 0. The third-order valence-corrected chi connectivity index (χ3v) is 2.42. The molecule has 1 amide bonds. The fourth-order valence-corrected chi connectivity index (χ4v) is 1.64. The van der Waals surface area contributed by atoms with E-state index in [4.69, 9.17) is 5.11 Å². The van der Waals surface area contributed by atoms with Crippen molar-refractivity contribution in [2.45, 2.75) is 26.2 Å². The lowest BCUT2D eigenvalue weighted by Gasteiger charge is -2.21. The number of aliphatic hydroxyl groups is 1. The number of carbonyl (C=O) groups excluding carboxylic acids is 1. The Morgan fingerprint density at radius 1 is 1.58 bits per heavy atom. The molecule has 0 aromatic heterocycles. The molecule has 0 bridgehead atoms. The van der Waals surface area contributed by atoms with Gasteiger partial charge >= 0.3 is 0 Å². The van der Waals surface area contributed by atoms with E-state index < -0.39 is 0 Å². The highest BCUT2D eigenvalue weighted by atomic mass is 16.3. The van der Waals surface area contributed by atoms with Gasteiger partial charge < -0.3 is 10.0 Å². The normalized spacial score (nSPS) is 25.7. The van der Waals surface area contributed by atoms with Crippen LogP contribution in [0.1, 0.15) is 26.2 Å². The molecule has 1 aliphatic rings. The molecule has 0 radical (unpaired) electrons. The zero-order chi connectivity index (χ0) is 8.97. The van der Waals surface area contributed by atoms with Gasteiger partial charge in [-0.15, -0.1) is 0 Å². The van der Waals surface area contributed by atoms with Gasteiger partial charge in [0.1, 0.15) is 0 Å². The maximum atomic E-state index is 11.6. The van der Waals surface area contributed by atoms with E-state index in [0.29, 0.717) is 6.54 Å². The van der Waals surface area contributed by atoms with Crippen LogP contribution in [0.15, 0.2) is 0 Å². The Balaban J connectivity index is 2.52. The van der Waals surface area contributed by atoms with E-state index in [-0.39, 0.29) is 18.4 Å². The molecule has 70 valence electrons. The van der Waals surface area contributed by atoms with Crippen molar-refractivity contribution < 1.29 is 9.90 Å². The zero-order valence-electron chi connectivity index (χ0n) is 7.62. The number of likely N-dealkylation sites (tertiary alicyclic amines) is 1. The molecule has 0 aliphatic carbocycles. The minimum Gasteiger partial charge on any atom is -0.395 e. The van der Waals surface area contributed by atoms with Crippen LogP contribution in [0.2, 0.25) is 0 Å². The summed E-state index contributed by atoms with van der Waals surface area (Å²) >= 11 is 0. The highest BCUT2D eigenvalue weighted by Crippen LogP contribution is 2.16. The first-order valence-corrected chi connectivity index (χ1v) is 4.65. The minimum atomic E-state index is 0.0818. The molecule has 1 fully saturated rings. The molecule has 1 heterocycles. The predicted molar refractivity (Wildman–Crippen MR) is 46.7 cm³/mol. The average Bonchev–Trinajstić information content (AvgIpc) is 2.20. The van der Waals surface area contributed by atoms with Crippen molar-refractivity contribution in [2.24, 2.45) is 5.92 Å². The Labute approximate surface area is 73.4 Å². The van der Waals surface area contributed by atoms with Crippen molar-refractivity contribution in [1.82, 2.24) is 4.90 Å². The summed E-state index contributed by atoms with van der Waals surface area (Å²) in [5, 5.41) is 8.72. The van der Waals surface area contributed by atoms with Gasteiger partial charge in [-0.2, -0.15) is 0 Å². The SMILES string of the molecule is CC1CCCCN(CCO)C1=O. The van der Waals surface area contributed by atoms with Crippen LogP contribution in [0.3, 0.4) is 0 Å². The third-order valence-electron chi connectivity index (χ3n) is 2.42. The highest BCUT2D eigenvalue weighted by Gasteiger charge is 2.22. The van der Waals surface area contributed by atoms with Crippen LogP contribution in [0.25, 0.3) is 0 Å². The lowest BCUT2D eigenvalue weighted by molar-refractivity contribution is -0.134. The summed E-state index contributed by atoms with van der Waals surface area (Å²) in [6.45, 7) is 3.38. The largest absolute Gasteiger partial charge is 0.395 e.